The summed E-state index contributed by atoms with van der Waals surface area (Å²) in [6, 6.07) is 0. The summed E-state index contributed by atoms with van der Waals surface area (Å²) < 4.78 is 2.16. The van der Waals surface area contributed by atoms with E-state index in [1.54, 1.807) is 0 Å². The molecule has 0 aromatic carbocycles. The van der Waals surface area contributed by atoms with Crippen molar-refractivity contribution in [3.63, 3.8) is 0 Å². The lowest BCUT2D eigenvalue weighted by molar-refractivity contribution is 0.503. The van der Waals surface area contributed by atoms with Crippen LogP contribution in [0.4, 0.5) is 0 Å². The first kappa shape index (κ1) is 12.2. The van der Waals surface area contributed by atoms with E-state index >= 15 is 0 Å². The SMILES string of the molecule is S=P1(N(CCCl)CCCl)NCCN1. The second-order valence-corrected chi connectivity index (χ2v) is 7.42. The Kier molecular flexibility index (Phi) is 5.49. The predicted molar refractivity (Wildman–Crippen MR) is 63.3 cm³/mol. The monoisotopic (exact) mass is 261 g/mol. The number of alkyl halides is 2. The molecule has 0 aromatic heterocycles. The Morgan fingerprint density at radius 1 is 1.15 bits per heavy atom. The molecular formula is C6H14Cl2N3PS. The number of rotatable bonds is 5. The van der Waals surface area contributed by atoms with Crippen LogP contribution in [-0.4, -0.2) is 42.6 Å². The summed E-state index contributed by atoms with van der Waals surface area (Å²) >= 11 is 16.9. The molecule has 1 heterocycles. The number of hydrogen-bond donors (Lipinski definition) is 2. The Bertz CT molecular complexity index is 188. The molecule has 0 unspecified atom stereocenters. The lowest BCUT2D eigenvalue weighted by atomic mass is 10.6. The summed E-state index contributed by atoms with van der Waals surface area (Å²) in [6.45, 7) is 1.76. The maximum Gasteiger partial charge on any atom is 0.140 e. The minimum atomic E-state index is -1.72. The lowest BCUT2D eigenvalue weighted by Crippen LogP contribution is -2.32. The van der Waals surface area contributed by atoms with Crippen molar-refractivity contribution in [3.8, 4) is 0 Å². The Hall–Kier alpha value is 1.11. The molecule has 1 rings (SSSR count). The van der Waals surface area contributed by atoms with Crippen molar-refractivity contribution >= 4 is 41.5 Å². The zero-order valence-electron chi connectivity index (χ0n) is 7.30. The number of nitrogens with zero attached hydrogens (tertiary/aromatic N) is 1. The van der Waals surface area contributed by atoms with Crippen molar-refractivity contribution in [3.05, 3.63) is 0 Å². The smallest absolute Gasteiger partial charge is 0.140 e. The summed E-state index contributed by atoms with van der Waals surface area (Å²) in [7, 11) is 0. The predicted octanol–water partition coefficient (Wildman–Crippen LogP) is 1.18. The lowest BCUT2D eigenvalue weighted by Gasteiger charge is -2.30. The standard InChI is InChI=1S/C6H14Cl2N3PS/c7-1-5-11(6-2-8)12(13)9-3-4-10-12/h1-6H2,(H2,9,10,13). The zero-order valence-corrected chi connectivity index (χ0v) is 10.5. The van der Waals surface area contributed by atoms with Gasteiger partial charge in [-0.05, 0) is 11.8 Å². The summed E-state index contributed by atoms with van der Waals surface area (Å²) in [6.07, 6.45) is 0. The van der Waals surface area contributed by atoms with Gasteiger partial charge in [0, 0.05) is 37.9 Å². The van der Waals surface area contributed by atoms with Gasteiger partial charge < -0.3 is 0 Å². The maximum atomic E-state index is 5.70. The Labute approximate surface area is 94.3 Å². The van der Waals surface area contributed by atoms with Gasteiger partial charge in [0.2, 0.25) is 0 Å². The highest BCUT2D eigenvalue weighted by Crippen LogP contribution is 2.42. The molecule has 2 N–H and O–H groups in total. The fourth-order valence-electron chi connectivity index (χ4n) is 1.26. The van der Waals surface area contributed by atoms with Gasteiger partial charge in [-0.15, -0.1) is 23.2 Å². The Morgan fingerprint density at radius 3 is 2.00 bits per heavy atom. The van der Waals surface area contributed by atoms with Crippen LogP contribution >= 0.6 is 29.7 Å². The van der Waals surface area contributed by atoms with E-state index in [1.165, 1.54) is 0 Å². The zero-order chi connectivity index (χ0) is 9.73. The molecule has 0 atom stereocenters. The van der Waals surface area contributed by atoms with Gasteiger partial charge in [0.05, 0.1) is 0 Å². The molecule has 0 bridgehead atoms. The molecule has 13 heavy (non-hydrogen) atoms. The van der Waals surface area contributed by atoms with Gasteiger partial charge in [-0.2, -0.15) is 0 Å². The summed E-state index contributed by atoms with van der Waals surface area (Å²) in [5.74, 6) is 1.19. The Balaban J connectivity index is 2.56. The van der Waals surface area contributed by atoms with Crippen molar-refractivity contribution in [1.82, 2.24) is 14.8 Å². The highest BCUT2D eigenvalue weighted by atomic mass is 35.5. The van der Waals surface area contributed by atoms with Crippen LogP contribution in [0, 0.1) is 0 Å². The third kappa shape index (κ3) is 3.31. The second kappa shape index (κ2) is 5.86. The summed E-state index contributed by atoms with van der Waals surface area (Å²) in [5.41, 5.74) is 0. The third-order valence-electron chi connectivity index (χ3n) is 1.86. The molecule has 1 aliphatic heterocycles. The molecular weight excluding hydrogens is 248 g/mol. The molecule has 1 saturated heterocycles. The fraction of sp³-hybridized carbons (Fsp3) is 1.00. The van der Waals surface area contributed by atoms with E-state index in [4.69, 9.17) is 35.0 Å². The van der Waals surface area contributed by atoms with Crippen LogP contribution in [0.15, 0.2) is 0 Å². The van der Waals surface area contributed by atoms with Crippen LogP contribution in [0.2, 0.25) is 0 Å². The van der Waals surface area contributed by atoms with Crippen LogP contribution < -0.4 is 10.2 Å². The molecule has 78 valence electrons. The van der Waals surface area contributed by atoms with Crippen LogP contribution in [0.3, 0.4) is 0 Å². The Morgan fingerprint density at radius 2 is 1.62 bits per heavy atom. The fourth-order valence-corrected chi connectivity index (χ4v) is 5.05. The van der Waals surface area contributed by atoms with E-state index in [-0.39, 0.29) is 0 Å². The van der Waals surface area contributed by atoms with Crippen LogP contribution in [0.1, 0.15) is 0 Å². The van der Waals surface area contributed by atoms with Crippen LogP contribution in [0.25, 0.3) is 0 Å². The average molecular weight is 262 g/mol. The van der Waals surface area contributed by atoms with Crippen LogP contribution in [0.5, 0.6) is 0 Å². The van der Waals surface area contributed by atoms with Crippen molar-refractivity contribution in [2.75, 3.05) is 37.9 Å². The number of hydrogen-bond acceptors (Lipinski definition) is 1. The maximum absolute atomic E-state index is 5.70. The number of halogens is 2. The third-order valence-corrected chi connectivity index (χ3v) is 6.17. The summed E-state index contributed by atoms with van der Waals surface area (Å²) in [5, 5.41) is 6.65. The van der Waals surface area contributed by atoms with Gasteiger partial charge in [0.25, 0.3) is 0 Å². The van der Waals surface area contributed by atoms with E-state index in [2.05, 4.69) is 14.8 Å². The van der Waals surface area contributed by atoms with Gasteiger partial charge in [-0.25, -0.2) is 4.67 Å². The largest absolute Gasteiger partial charge is 0.264 e. The van der Waals surface area contributed by atoms with E-state index in [0.717, 1.165) is 26.2 Å². The molecule has 0 radical (unpaired) electrons. The highest BCUT2D eigenvalue weighted by molar-refractivity contribution is 8.11. The number of nitrogens with one attached hydrogen (secondary N) is 2. The van der Waals surface area contributed by atoms with Crippen molar-refractivity contribution in [1.29, 1.82) is 0 Å². The summed E-state index contributed by atoms with van der Waals surface area (Å²) in [4.78, 5) is 0. The molecule has 0 aliphatic carbocycles. The van der Waals surface area contributed by atoms with Crippen molar-refractivity contribution in [2.45, 2.75) is 0 Å². The molecule has 1 fully saturated rings. The second-order valence-electron chi connectivity index (χ2n) is 2.72. The normalized spacial score (nSPS) is 21.2. The van der Waals surface area contributed by atoms with Gasteiger partial charge in [0.15, 0.2) is 0 Å². The van der Waals surface area contributed by atoms with Crippen LogP contribution in [-0.2, 0) is 11.8 Å². The van der Waals surface area contributed by atoms with Crippen molar-refractivity contribution in [2.24, 2.45) is 0 Å². The van der Waals surface area contributed by atoms with Gasteiger partial charge in [-0.3, -0.25) is 10.2 Å². The molecule has 3 nitrogen and oxygen atoms in total. The molecule has 7 heteroatoms. The van der Waals surface area contributed by atoms with E-state index in [0.29, 0.717) is 11.8 Å². The minimum Gasteiger partial charge on any atom is -0.264 e. The first-order valence-electron chi connectivity index (χ1n) is 4.20. The highest BCUT2D eigenvalue weighted by Gasteiger charge is 2.27. The van der Waals surface area contributed by atoms with Gasteiger partial charge in [0.1, 0.15) is 6.49 Å². The molecule has 1 aliphatic rings. The topological polar surface area (TPSA) is 27.3 Å². The molecule has 0 saturated carbocycles. The molecule has 0 amide bonds. The van der Waals surface area contributed by atoms with E-state index in [9.17, 15) is 0 Å². The molecule has 0 aromatic rings. The first-order valence-corrected chi connectivity index (χ1v) is 8.03. The average Bonchev–Trinajstić information content (AvgIpc) is 2.53. The van der Waals surface area contributed by atoms with Gasteiger partial charge in [-0.1, -0.05) is 0 Å². The quantitative estimate of drug-likeness (QED) is 0.575. The molecule has 0 spiro atoms. The van der Waals surface area contributed by atoms with E-state index in [1.807, 2.05) is 0 Å². The van der Waals surface area contributed by atoms with Gasteiger partial charge >= 0.3 is 0 Å². The van der Waals surface area contributed by atoms with E-state index < -0.39 is 6.49 Å². The first-order chi connectivity index (χ1) is 6.23. The minimum absolute atomic E-state index is 0.596. The van der Waals surface area contributed by atoms with Crippen molar-refractivity contribution < 1.29 is 0 Å².